The van der Waals surface area contributed by atoms with Gasteiger partial charge in [0.25, 0.3) is 0 Å². The summed E-state index contributed by atoms with van der Waals surface area (Å²) in [6, 6.07) is 8.71. The minimum Gasteiger partial charge on any atom is -0.544 e. The normalized spacial score (nSPS) is 22.7. The van der Waals surface area contributed by atoms with Gasteiger partial charge in [-0.3, -0.25) is 4.79 Å². The van der Waals surface area contributed by atoms with E-state index in [0.717, 1.165) is 5.56 Å². The summed E-state index contributed by atoms with van der Waals surface area (Å²) in [5.41, 5.74) is 0.890. The van der Waals surface area contributed by atoms with E-state index in [1.54, 1.807) is 5.32 Å². The lowest BCUT2D eigenvalue weighted by Gasteiger charge is -2.09. The minimum atomic E-state index is -1.10. The Bertz CT molecular complexity index is 432. The smallest absolute Gasteiger partial charge is 0.310 e. The first-order valence-electron chi connectivity index (χ1n) is 5.92. The van der Waals surface area contributed by atoms with Gasteiger partial charge < -0.3 is 20.0 Å². The molecule has 1 heterocycles. The first-order chi connectivity index (χ1) is 8.65. The third kappa shape index (κ3) is 3.30. The molecule has 0 saturated carbocycles. The maximum atomic E-state index is 11.6. The van der Waals surface area contributed by atoms with Crippen LogP contribution in [0.4, 0.5) is 0 Å². The third-order valence-electron chi connectivity index (χ3n) is 2.99. The molecule has 5 heteroatoms. The fraction of sp³-hybridized carbons (Fsp3) is 0.385. The van der Waals surface area contributed by atoms with Gasteiger partial charge in [0.1, 0.15) is 12.6 Å². The first-order valence-corrected chi connectivity index (χ1v) is 5.92. The molecular weight excluding hydrogens is 234 g/mol. The second kappa shape index (κ2) is 5.64. The Morgan fingerprint density at radius 3 is 2.67 bits per heavy atom. The van der Waals surface area contributed by atoms with E-state index in [0.29, 0.717) is 13.0 Å². The second-order valence-corrected chi connectivity index (χ2v) is 4.41. The molecule has 5 nitrogen and oxygen atoms in total. The quantitative estimate of drug-likeness (QED) is 0.640. The van der Waals surface area contributed by atoms with Crippen molar-refractivity contribution in [1.82, 2.24) is 0 Å². The molecule has 2 rings (SSSR count). The van der Waals surface area contributed by atoms with Crippen molar-refractivity contribution in [3.8, 4) is 0 Å². The molecule has 1 aromatic rings. The molecule has 96 valence electrons. The monoisotopic (exact) mass is 249 g/mol. The zero-order valence-electron chi connectivity index (χ0n) is 9.87. The average Bonchev–Trinajstić information content (AvgIpc) is 2.78. The largest absolute Gasteiger partial charge is 0.544 e. The molecule has 1 fully saturated rings. The van der Waals surface area contributed by atoms with E-state index < -0.39 is 12.0 Å². The number of rotatable bonds is 4. The van der Waals surface area contributed by atoms with Crippen LogP contribution in [0.1, 0.15) is 12.0 Å². The fourth-order valence-corrected chi connectivity index (χ4v) is 2.07. The highest BCUT2D eigenvalue weighted by Gasteiger charge is 2.31. The molecule has 1 aromatic carbocycles. The van der Waals surface area contributed by atoms with Crippen molar-refractivity contribution >= 4 is 11.9 Å². The van der Waals surface area contributed by atoms with Gasteiger partial charge in [0.15, 0.2) is 6.10 Å². The minimum absolute atomic E-state index is 0.216. The molecule has 0 aliphatic carbocycles. The van der Waals surface area contributed by atoms with Crippen molar-refractivity contribution in [3.63, 3.8) is 0 Å². The van der Waals surface area contributed by atoms with Crippen molar-refractivity contribution in [2.75, 3.05) is 6.54 Å². The zero-order chi connectivity index (χ0) is 13.0. The zero-order valence-corrected chi connectivity index (χ0v) is 9.87. The number of benzene rings is 1. The Hall–Kier alpha value is -1.88. The van der Waals surface area contributed by atoms with E-state index >= 15 is 0 Å². The predicted octanol–water partition coefficient (Wildman–Crippen LogP) is -1.77. The Morgan fingerprint density at radius 1 is 1.33 bits per heavy atom. The topological polar surface area (TPSA) is 83.0 Å². The summed E-state index contributed by atoms with van der Waals surface area (Å²) in [5, 5.41) is 12.3. The Kier molecular flexibility index (Phi) is 3.94. The van der Waals surface area contributed by atoms with E-state index in [-0.39, 0.29) is 18.5 Å². The van der Waals surface area contributed by atoms with Gasteiger partial charge in [-0.2, -0.15) is 0 Å². The van der Waals surface area contributed by atoms with E-state index in [2.05, 4.69) is 0 Å². The molecule has 1 aliphatic rings. The summed E-state index contributed by atoms with van der Waals surface area (Å²) in [6.45, 7) is 0.485. The SMILES string of the molecule is O=C(Cc1ccccc1)O[C@@H]1C[NH2+][C@H](C(=O)[O-])C1. The number of quaternary nitrogens is 1. The van der Waals surface area contributed by atoms with Crippen molar-refractivity contribution in [3.05, 3.63) is 35.9 Å². The van der Waals surface area contributed by atoms with Crippen LogP contribution in [-0.2, 0) is 20.7 Å². The lowest BCUT2D eigenvalue weighted by molar-refractivity contribution is -0.666. The van der Waals surface area contributed by atoms with Crippen molar-refractivity contribution in [1.29, 1.82) is 0 Å². The number of carbonyl (C=O) groups excluding carboxylic acids is 2. The van der Waals surface area contributed by atoms with Gasteiger partial charge in [-0.05, 0) is 5.56 Å². The standard InChI is InChI=1S/C13H15NO4/c15-12(6-9-4-2-1-3-5-9)18-10-7-11(13(16)17)14-8-10/h1-5,10-11,14H,6-8H2,(H,16,17)/t10-,11-/m0/s1. The van der Waals surface area contributed by atoms with Crippen molar-refractivity contribution in [2.24, 2.45) is 0 Å². The predicted molar refractivity (Wildman–Crippen MR) is 60.2 cm³/mol. The Balaban J connectivity index is 1.80. The molecule has 0 amide bonds. The highest BCUT2D eigenvalue weighted by Crippen LogP contribution is 2.07. The summed E-state index contributed by atoms with van der Waals surface area (Å²) >= 11 is 0. The molecule has 0 aromatic heterocycles. The van der Waals surface area contributed by atoms with Crippen LogP contribution in [0.15, 0.2) is 30.3 Å². The van der Waals surface area contributed by atoms with Crippen LogP contribution >= 0.6 is 0 Å². The number of carboxylic acid groups (broad SMARTS) is 1. The molecule has 0 spiro atoms. The molecule has 1 aliphatic heterocycles. The molecule has 0 radical (unpaired) electrons. The Labute approximate surface area is 105 Å². The number of aliphatic carboxylic acids is 1. The summed E-state index contributed by atoms with van der Waals surface area (Å²) in [4.78, 5) is 22.3. The van der Waals surface area contributed by atoms with Gasteiger partial charge in [0.2, 0.25) is 0 Å². The number of hydrogen-bond acceptors (Lipinski definition) is 4. The van der Waals surface area contributed by atoms with Crippen LogP contribution in [-0.4, -0.2) is 30.6 Å². The Morgan fingerprint density at radius 2 is 2.06 bits per heavy atom. The van der Waals surface area contributed by atoms with Gasteiger partial charge in [-0.25, -0.2) is 0 Å². The lowest BCUT2D eigenvalue weighted by atomic mass is 10.1. The number of hydrogen-bond donors (Lipinski definition) is 1. The molecule has 18 heavy (non-hydrogen) atoms. The lowest BCUT2D eigenvalue weighted by Crippen LogP contribution is -2.90. The second-order valence-electron chi connectivity index (χ2n) is 4.41. The molecular formula is C13H15NO4. The number of carboxylic acids is 1. The highest BCUT2D eigenvalue weighted by atomic mass is 16.5. The van der Waals surface area contributed by atoms with Crippen molar-refractivity contribution in [2.45, 2.75) is 25.0 Å². The summed E-state index contributed by atoms with van der Waals surface area (Å²) in [5.74, 6) is -1.42. The van der Waals surface area contributed by atoms with Crippen molar-refractivity contribution < 1.29 is 24.7 Å². The summed E-state index contributed by atoms with van der Waals surface area (Å²) in [7, 11) is 0. The van der Waals surface area contributed by atoms with Crippen LogP contribution in [0.2, 0.25) is 0 Å². The van der Waals surface area contributed by atoms with Gasteiger partial charge >= 0.3 is 5.97 Å². The summed E-state index contributed by atoms with van der Waals surface area (Å²) in [6.07, 6.45) is 0.208. The number of ether oxygens (including phenoxy) is 1. The molecule has 2 atom stereocenters. The van der Waals surface area contributed by atoms with Crippen LogP contribution in [0.25, 0.3) is 0 Å². The first kappa shape index (κ1) is 12.6. The number of nitrogens with two attached hydrogens (primary N) is 1. The highest BCUT2D eigenvalue weighted by molar-refractivity contribution is 5.73. The van der Waals surface area contributed by atoms with Gasteiger partial charge in [-0.15, -0.1) is 0 Å². The molecule has 1 saturated heterocycles. The van der Waals surface area contributed by atoms with E-state index in [4.69, 9.17) is 4.74 Å². The van der Waals surface area contributed by atoms with Crippen LogP contribution in [0.5, 0.6) is 0 Å². The van der Waals surface area contributed by atoms with Crippen LogP contribution in [0.3, 0.4) is 0 Å². The molecule has 0 bridgehead atoms. The van der Waals surface area contributed by atoms with Crippen LogP contribution in [0, 0.1) is 0 Å². The number of esters is 1. The average molecular weight is 249 g/mol. The maximum Gasteiger partial charge on any atom is 0.310 e. The molecule has 0 unspecified atom stereocenters. The molecule has 2 N–H and O–H groups in total. The van der Waals surface area contributed by atoms with E-state index in [1.165, 1.54) is 0 Å². The van der Waals surface area contributed by atoms with Gasteiger partial charge in [0.05, 0.1) is 12.4 Å². The summed E-state index contributed by atoms with van der Waals surface area (Å²) < 4.78 is 5.23. The van der Waals surface area contributed by atoms with Gasteiger partial charge in [-0.1, -0.05) is 30.3 Å². The third-order valence-corrected chi connectivity index (χ3v) is 2.99. The maximum absolute atomic E-state index is 11.6. The number of carbonyl (C=O) groups is 2. The fourth-order valence-electron chi connectivity index (χ4n) is 2.07. The van der Waals surface area contributed by atoms with E-state index in [9.17, 15) is 14.7 Å². The van der Waals surface area contributed by atoms with E-state index in [1.807, 2.05) is 30.3 Å². The van der Waals surface area contributed by atoms with Gasteiger partial charge in [0, 0.05) is 6.42 Å². The van der Waals surface area contributed by atoms with Crippen LogP contribution < -0.4 is 10.4 Å².